The maximum Gasteiger partial charge on any atom is 0.293 e. The predicted molar refractivity (Wildman–Crippen MR) is 49.7 cm³/mol. The lowest BCUT2D eigenvalue weighted by atomic mass is 10.3. The molecule has 4 nitrogen and oxygen atoms in total. The van der Waals surface area contributed by atoms with Crippen LogP contribution in [0.25, 0.3) is 0 Å². The van der Waals surface area contributed by atoms with E-state index in [1.165, 1.54) is 6.07 Å². The van der Waals surface area contributed by atoms with E-state index in [9.17, 15) is 14.5 Å². The summed E-state index contributed by atoms with van der Waals surface area (Å²) in [6.45, 7) is -1.09. The Balaban J connectivity index is 3.21. The van der Waals surface area contributed by atoms with E-state index in [-0.39, 0.29) is 15.8 Å². The summed E-state index contributed by atoms with van der Waals surface area (Å²) in [6, 6.07) is 2.21. The van der Waals surface area contributed by atoms with Crippen LogP contribution >= 0.6 is 23.2 Å². The Bertz CT molecular complexity index is 372. The van der Waals surface area contributed by atoms with Crippen LogP contribution in [0.15, 0.2) is 12.1 Å². The summed E-state index contributed by atoms with van der Waals surface area (Å²) in [6.07, 6.45) is 0. The van der Waals surface area contributed by atoms with Crippen LogP contribution in [0.2, 0.25) is 10.0 Å². The van der Waals surface area contributed by atoms with Gasteiger partial charge >= 0.3 is 0 Å². The molecule has 14 heavy (non-hydrogen) atoms. The van der Waals surface area contributed by atoms with E-state index in [1.54, 1.807) is 0 Å². The molecule has 7 heteroatoms. The first-order valence-corrected chi connectivity index (χ1v) is 4.14. The first-order chi connectivity index (χ1) is 6.56. The van der Waals surface area contributed by atoms with Gasteiger partial charge in [0.1, 0.15) is 10.8 Å². The van der Waals surface area contributed by atoms with E-state index >= 15 is 0 Å². The zero-order chi connectivity index (χ0) is 10.7. The fraction of sp³-hybridized carbons (Fsp3) is 0.143. The van der Waals surface area contributed by atoms with Gasteiger partial charge in [-0.15, -0.1) is 0 Å². The van der Waals surface area contributed by atoms with Crippen LogP contribution in [-0.2, 0) is 0 Å². The molecule has 0 aliphatic heterocycles. The Morgan fingerprint density at radius 2 is 2.14 bits per heavy atom. The molecule has 0 aliphatic carbocycles. The number of rotatable bonds is 3. The molecule has 0 saturated heterocycles. The van der Waals surface area contributed by atoms with E-state index in [1.807, 2.05) is 0 Å². The lowest BCUT2D eigenvalue weighted by Crippen LogP contribution is -1.94. The molecule has 0 heterocycles. The van der Waals surface area contributed by atoms with Gasteiger partial charge in [-0.2, -0.15) is 0 Å². The second kappa shape index (κ2) is 4.43. The Morgan fingerprint density at radius 3 is 2.64 bits per heavy atom. The zero-order valence-corrected chi connectivity index (χ0v) is 8.18. The SMILES string of the molecule is O=[N+]([O-])c1cc(OCF)cc(Cl)c1Cl. The molecule has 0 unspecified atom stereocenters. The first-order valence-electron chi connectivity index (χ1n) is 3.38. The van der Waals surface area contributed by atoms with Crippen molar-refractivity contribution in [2.45, 2.75) is 0 Å². The van der Waals surface area contributed by atoms with Crippen molar-refractivity contribution in [3.8, 4) is 5.75 Å². The van der Waals surface area contributed by atoms with E-state index in [0.717, 1.165) is 6.07 Å². The third-order valence-corrected chi connectivity index (χ3v) is 2.19. The maximum atomic E-state index is 11.8. The molecular weight excluding hydrogens is 236 g/mol. The smallest absolute Gasteiger partial charge is 0.293 e. The summed E-state index contributed by atoms with van der Waals surface area (Å²) in [7, 11) is 0. The van der Waals surface area contributed by atoms with Crippen LogP contribution in [0.1, 0.15) is 0 Å². The summed E-state index contributed by atoms with van der Waals surface area (Å²) in [5, 5.41) is 10.2. The minimum Gasteiger partial charge on any atom is -0.463 e. The molecule has 1 aromatic rings. The number of nitro benzene ring substituents is 1. The fourth-order valence-corrected chi connectivity index (χ4v) is 1.21. The van der Waals surface area contributed by atoms with Crippen LogP contribution in [0.5, 0.6) is 5.75 Å². The third kappa shape index (κ3) is 2.24. The number of alkyl halides is 1. The van der Waals surface area contributed by atoms with E-state index in [0.29, 0.717) is 0 Å². The van der Waals surface area contributed by atoms with Gasteiger partial charge < -0.3 is 4.74 Å². The van der Waals surface area contributed by atoms with Gasteiger partial charge in [-0.3, -0.25) is 10.1 Å². The van der Waals surface area contributed by atoms with Crippen LogP contribution in [-0.4, -0.2) is 11.8 Å². The van der Waals surface area contributed by atoms with Crippen molar-refractivity contribution in [2.24, 2.45) is 0 Å². The Kier molecular flexibility index (Phi) is 3.49. The molecule has 0 atom stereocenters. The highest BCUT2D eigenvalue weighted by atomic mass is 35.5. The first kappa shape index (κ1) is 11.0. The van der Waals surface area contributed by atoms with Gasteiger partial charge in [-0.1, -0.05) is 23.2 Å². The summed E-state index contributed by atoms with van der Waals surface area (Å²) in [5.41, 5.74) is -0.414. The minimum absolute atomic E-state index is 0.0337. The summed E-state index contributed by atoms with van der Waals surface area (Å²) >= 11 is 11.1. The van der Waals surface area contributed by atoms with E-state index in [4.69, 9.17) is 23.2 Å². The Hall–Kier alpha value is -1.07. The van der Waals surface area contributed by atoms with Crippen LogP contribution in [0.4, 0.5) is 10.1 Å². The van der Waals surface area contributed by atoms with Crippen molar-refractivity contribution in [1.29, 1.82) is 0 Å². The van der Waals surface area contributed by atoms with E-state index < -0.39 is 17.5 Å². The van der Waals surface area contributed by atoms with Crippen molar-refractivity contribution in [3.05, 3.63) is 32.3 Å². The molecule has 1 rings (SSSR count). The number of nitro groups is 1. The summed E-state index contributed by atoms with van der Waals surface area (Å²) < 4.78 is 16.2. The fourth-order valence-electron chi connectivity index (χ4n) is 0.830. The van der Waals surface area contributed by atoms with Gasteiger partial charge in [-0.25, -0.2) is 4.39 Å². The molecule has 0 N–H and O–H groups in total. The topological polar surface area (TPSA) is 52.4 Å². The van der Waals surface area contributed by atoms with Crippen molar-refractivity contribution < 1.29 is 14.1 Å². The number of halogens is 3. The van der Waals surface area contributed by atoms with Crippen molar-refractivity contribution in [2.75, 3.05) is 6.86 Å². The van der Waals surface area contributed by atoms with Crippen LogP contribution < -0.4 is 4.74 Å². The van der Waals surface area contributed by atoms with E-state index in [2.05, 4.69) is 4.74 Å². The lowest BCUT2D eigenvalue weighted by molar-refractivity contribution is -0.384. The highest BCUT2D eigenvalue weighted by Gasteiger charge is 2.17. The van der Waals surface area contributed by atoms with Gasteiger partial charge in [0, 0.05) is 6.07 Å². The quantitative estimate of drug-likeness (QED) is 0.602. The molecule has 0 bridgehead atoms. The number of hydrogen-bond donors (Lipinski definition) is 0. The third-order valence-electron chi connectivity index (χ3n) is 1.40. The average Bonchev–Trinajstić information content (AvgIpc) is 2.11. The summed E-state index contributed by atoms with van der Waals surface area (Å²) in [4.78, 5) is 9.72. The van der Waals surface area contributed by atoms with Gasteiger partial charge in [0.25, 0.3) is 5.69 Å². The number of hydrogen-bond acceptors (Lipinski definition) is 3. The second-order valence-corrected chi connectivity index (χ2v) is 3.03. The molecular formula is C7H4Cl2FNO3. The molecule has 0 saturated carbocycles. The van der Waals surface area contributed by atoms with Crippen LogP contribution in [0.3, 0.4) is 0 Å². The Morgan fingerprint density at radius 1 is 1.50 bits per heavy atom. The molecule has 0 aromatic heterocycles. The molecule has 0 amide bonds. The number of ether oxygens (including phenoxy) is 1. The molecule has 0 radical (unpaired) electrons. The molecule has 0 fully saturated rings. The van der Waals surface area contributed by atoms with Gasteiger partial charge in [0.05, 0.1) is 16.0 Å². The second-order valence-electron chi connectivity index (χ2n) is 2.25. The van der Waals surface area contributed by atoms with Gasteiger partial charge in [0.15, 0.2) is 0 Å². The van der Waals surface area contributed by atoms with Gasteiger partial charge in [0.2, 0.25) is 6.86 Å². The largest absolute Gasteiger partial charge is 0.463 e. The molecule has 76 valence electrons. The van der Waals surface area contributed by atoms with Gasteiger partial charge in [-0.05, 0) is 0 Å². The number of nitrogens with zero attached hydrogens (tertiary/aromatic N) is 1. The predicted octanol–water partition coefficient (Wildman–Crippen LogP) is 3.21. The number of benzene rings is 1. The molecule has 0 spiro atoms. The highest BCUT2D eigenvalue weighted by Crippen LogP contribution is 2.35. The lowest BCUT2D eigenvalue weighted by Gasteiger charge is -2.03. The van der Waals surface area contributed by atoms with Crippen molar-refractivity contribution >= 4 is 28.9 Å². The Labute approximate surface area is 88.3 Å². The zero-order valence-electron chi connectivity index (χ0n) is 6.67. The average molecular weight is 240 g/mol. The monoisotopic (exact) mass is 239 g/mol. The molecule has 0 aliphatic rings. The molecule has 1 aromatic carbocycles. The highest BCUT2D eigenvalue weighted by molar-refractivity contribution is 6.43. The summed E-state index contributed by atoms with van der Waals surface area (Å²) in [5.74, 6) is -0.0337. The standard InChI is InChI=1S/C7H4Cl2FNO3/c8-5-1-4(14-3-10)2-6(7(5)9)11(12)13/h1-2H,3H2. The minimum atomic E-state index is -1.09. The van der Waals surface area contributed by atoms with Crippen LogP contribution in [0, 0.1) is 10.1 Å². The maximum absolute atomic E-state index is 11.8. The van der Waals surface area contributed by atoms with Crippen molar-refractivity contribution in [3.63, 3.8) is 0 Å². The van der Waals surface area contributed by atoms with Crippen molar-refractivity contribution in [1.82, 2.24) is 0 Å². The normalized spacial score (nSPS) is 9.93.